The molecule has 0 unspecified atom stereocenters. The van der Waals surface area contributed by atoms with Crippen molar-refractivity contribution in [1.29, 1.82) is 0 Å². The van der Waals surface area contributed by atoms with Gasteiger partial charge < -0.3 is 4.43 Å². The Bertz CT molecular complexity index is 458. The van der Waals surface area contributed by atoms with Crippen LogP contribution < -0.4 is 0 Å². The fraction of sp³-hybridized carbons (Fsp3) is 0.808. The Morgan fingerprint density at radius 1 is 0.759 bits per heavy atom. The third-order valence-corrected chi connectivity index (χ3v) is 10.4. The van der Waals surface area contributed by atoms with Gasteiger partial charge in [0.2, 0.25) is 0 Å². The number of unbranched alkanes of at least 4 members (excludes halogenated alkanes) is 10. The van der Waals surface area contributed by atoms with E-state index >= 15 is 0 Å². The van der Waals surface area contributed by atoms with Crippen LogP contribution in [0.3, 0.4) is 0 Å². The Balaban J connectivity index is 3.47. The second-order valence-electron chi connectivity index (χ2n) is 9.92. The molecule has 0 atom stereocenters. The maximum Gasteiger partial charge on any atom is 0.292 e. The normalized spacial score (nSPS) is 12.9. The van der Waals surface area contributed by atoms with Crippen molar-refractivity contribution in [2.45, 2.75) is 136 Å². The summed E-state index contributed by atoms with van der Waals surface area (Å²) in [6, 6.07) is 0. The van der Waals surface area contributed by atoms with E-state index in [-0.39, 0.29) is 11.0 Å². The van der Waals surface area contributed by atoms with Crippen molar-refractivity contribution < 1.29 is 9.22 Å². The molecular weight excluding hydrogens is 372 g/mol. The average molecular weight is 423 g/mol. The van der Waals surface area contributed by atoms with Crippen LogP contribution in [0, 0.1) is 0 Å². The number of carbonyl (C=O) groups is 1. The number of hydrogen-bond acceptors (Lipinski definition) is 2. The molecule has 0 aliphatic rings. The first kappa shape index (κ1) is 28.2. The molecule has 0 heterocycles. The zero-order valence-electron chi connectivity index (χ0n) is 20.5. The highest BCUT2D eigenvalue weighted by molar-refractivity contribution is 6.75. The number of hydrogen-bond donors (Lipinski definition) is 0. The van der Waals surface area contributed by atoms with Gasteiger partial charge in [0, 0.05) is 6.42 Å². The van der Waals surface area contributed by atoms with Crippen LogP contribution in [0.4, 0.5) is 0 Å². The highest BCUT2D eigenvalue weighted by Gasteiger charge is 2.40. The largest absolute Gasteiger partial charge is 0.519 e. The summed E-state index contributed by atoms with van der Waals surface area (Å²) in [6.07, 6.45) is 26.0. The zero-order valence-corrected chi connectivity index (χ0v) is 21.5. The summed E-state index contributed by atoms with van der Waals surface area (Å²) in [5.41, 5.74) is 0. The molecule has 0 aromatic rings. The molecule has 3 heteroatoms. The lowest BCUT2D eigenvalue weighted by molar-refractivity contribution is -0.135. The van der Waals surface area contributed by atoms with Gasteiger partial charge in [-0.15, -0.1) is 0 Å². The van der Waals surface area contributed by atoms with Gasteiger partial charge in [-0.05, 0) is 56.7 Å². The summed E-state index contributed by atoms with van der Waals surface area (Å²) >= 11 is 0. The molecule has 170 valence electrons. The molecule has 0 radical (unpaired) electrons. The molecule has 0 spiro atoms. The Kier molecular flexibility index (Phi) is 16.4. The quantitative estimate of drug-likeness (QED) is 0.133. The van der Waals surface area contributed by atoms with Gasteiger partial charge in [0.15, 0.2) is 0 Å². The van der Waals surface area contributed by atoms with Gasteiger partial charge in [0.25, 0.3) is 14.3 Å². The summed E-state index contributed by atoms with van der Waals surface area (Å²) in [7, 11) is -1.94. The third kappa shape index (κ3) is 16.6. The molecular formula is C26H50O2Si. The Morgan fingerprint density at radius 3 is 1.76 bits per heavy atom. The fourth-order valence-corrected chi connectivity index (χ4v) is 3.90. The molecule has 0 aliphatic heterocycles. The van der Waals surface area contributed by atoms with Gasteiger partial charge in [0.1, 0.15) is 0 Å². The Hall–Kier alpha value is -0.833. The minimum absolute atomic E-state index is 0.0131. The average Bonchev–Trinajstić information content (AvgIpc) is 2.63. The standard InChI is InChI=1S/C26H50O2Si/c1-7-8-9-10-11-12-13-14-15-16-17-18-19-20-21-22-23-24-25(27)28-29(5,6)26(2,3)4/h11-12,14-15H,7-10,13,16-24H2,1-6H3/b12-11-,15-14-. The van der Waals surface area contributed by atoms with Gasteiger partial charge >= 0.3 is 0 Å². The third-order valence-electron chi connectivity index (χ3n) is 6.01. The van der Waals surface area contributed by atoms with Crippen molar-refractivity contribution in [2.24, 2.45) is 0 Å². The lowest BCUT2D eigenvalue weighted by Gasteiger charge is -2.35. The highest BCUT2D eigenvalue weighted by Crippen LogP contribution is 2.36. The molecule has 0 aromatic heterocycles. The summed E-state index contributed by atoms with van der Waals surface area (Å²) in [5, 5.41) is 0.1000. The predicted molar refractivity (Wildman–Crippen MR) is 132 cm³/mol. The lowest BCUT2D eigenvalue weighted by Crippen LogP contribution is -2.42. The van der Waals surface area contributed by atoms with Crippen LogP contribution in [0.25, 0.3) is 0 Å². The van der Waals surface area contributed by atoms with E-state index in [1.807, 2.05) is 0 Å². The fourth-order valence-electron chi connectivity index (χ4n) is 2.92. The second kappa shape index (κ2) is 16.9. The van der Waals surface area contributed by atoms with E-state index in [4.69, 9.17) is 4.43 Å². The minimum Gasteiger partial charge on any atom is -0.519 e. The summed E-state index contributed by atoms with van der Waals surface area (Å²) in [4.78, 5) is 12.1. The molecule has 0 saturated carbocycles. The molecule has 0 fully saturated rings. The predicted octanol–water partition coefficient (Wildman–Crippen LogP) is 9.13. The maximum atomic E-state index is 12.1. The first-order valence-corrected chi connectivity index (χ1v) is 15.1. The molecule has 0 aliphatic carbocycles. The van der Waals surface area contributed by atoms with Crippen molar-refractivity contribution in [2.75, 3.05) is 0 Å². The van der Waals surface area contributed by atoms with E-state index in [0.29, 0.717) is 6.42 Å². The molecule has 0 aromatic carbocycles. The molecule has 2 nitrogen and oxygen atoms in total. The minimum atomic E-state index is -1.94. The zero-order chi connectivity index (χ0) is 22.0. The number of rotatable bonds is 17. The number of carbonyl (C=O) groups excluding carboxylic acids is 1. The highest BCUT2D eigenvalue weighted by atomic mass is 28.4. The van der Waals surface area contributed by atoms with Crippen molar-refractivity contribution in [3.05, 3.63) is 24.3 Å². The van der Waals surface area contributed by atoms with Crippen LogP contribution in [0.2, 0.25) is 18.1 Å². The van der Waals surface area contributed by atoms with Crippen LogP contribution in [0.5, 0.6) is 0 Å². The molecule has 0 bridgehead atoms. The van der Waals surface area contributed by atoms with Gasteiger partial charge in [0.05, 0.1) is 0 Å². The topological polar surface area (TPSA) is 26.3 Å². The van der Waals surface area contributed by atoms with E-state index in [9.17, 15) is 4.79 Å². The Morgan fingerprint density at radius 2 is 1.24 bits per heavy atom. The first-order chi connectivity index (χ1) is 13.7. The first-order valence-electron chi connectivity index (χ1n) is 12.2. The lowest BCUT2D eigenvalue weighted by atomic mass is 10.1. The monoisotopic (exact) mass is 422 g/mol. The van der Waals surface area contributed by atoms with Crippen molar-refractivity contribution in [1.82, 2.24) is 0 Å². The van der Waals surface area contributed by atoms with E-state index in [1.165, 1.54) is 64.2 Å². The Labute approximate surface area is 183 Å². The smallest absolute Gasteiger partial charge is 0.292 e. The summed E-state index contributed by atoms with van der Waals surface area (Å²) in [5.74, 6) is 0.0131. The maximum absolute atomic E-state index is 12.1. The van der Waals surface area contributed by atoms with Crippen molar-refractivity contribution in [3.8, 4) is 0 Å². The molecule has 29 heavy (non-hydrogen) atoms. The summed E-state index contributed by atoms with van der Waals surface area (Å²) in [6.45, 7) is 13.1. The van der Waals surface area contributed by atoms with Crippen LogP contribution in [-0.4, -0.2) is 14.3 Å². The summed E-state index contributed by atoms with van der Waals surface area (Å²) < 4.78 is 5.82. The van der Waals surface area contributed by atoms with Crippen LogP contribution >= 0.6 is 0 Å². The molecule has 0 N–H and O–H groups in total. The van der Waals surface area contributed by atoms with Crippen molar-refractivity contribution in [3.63, 3.8) is 0 Å². The second-order valence-corrected chi connectivity index (χ2v) is 14.6. The van der Waals surface area contributed by atoms with Gasteiger partial charge in [-0.1, -0.05) is 96.9 Å². The van der Waals surface area contributed by atoms with E-state index in [0.717, 1.165) is 19.3 Å². The molecule has 0 amide bonds. The number of allylic oxidation sites excluding steroid dienone is 4. The van der Waals surface area contributed by atoms with Crippen LogP contribution in [0.1, 0.15) is 118 Å². The molecule has 0 saturated heterocycles. The van der Waals surface area contributed by atoms with E-state index in [1.54, 1.807) is 0 Å². The van der Waals surface area contributed by atoms with Crippen LogP contribution in [0.15, 0.2) is 24.3 Å². The SMILES string of the molecule is CCCCC/C=C\C/C=C\CCCCCCCCCC(=O)O[Si](C)(C)C(C)(C)C. The van der Waals surface area contributed by atoms with Crippen molar-refractivity contribution >= 4 is 14.3 Å². The molecule has 0 rings (SSSR count). The van der Waals surface area contributed by atoms with Gasteiger partial charge in [-0.2, -0.15) is 0 Å². The van der Waals surface area contributed by atoms with Gasteiger partial charge in [-0.25, -0.2) is 0 Å². The van der Waals surface area contributed by atoms with E-state index in [2.05, 4.69) is 65.1 Å². The van der Waals surface area contributed by atoms with E-state index < -0.39 is 8.32 Å². The van der Waals surface area contributed by atoms with Gasteiger partial charge in [-0.3, -0.25) is 4.79 Å². The van der Waals surface area contributed by atoms with Crippen LogP contribution in [-0.2, 0) is 9.22 Å².